The third kappa shape index (κ3) is 4.00. The molecule has 1 fully saturated rings. The van der Waals surface area contributed by atoms with Gasteiger partial charge in [-0.15, -0.1) is 0 Å². The average molecular weight is 372 g/mol. The number of amides is 1. The number of nitrogens with one attached hydrogen (secondary N) is 1. The molecule has 1 saturated heterocycles. The van der Waals surface area contributed by atoms with E-state index in [1.54, 1.807) is 29.2 Å². The van der Waals surface area contributed by atoms with Crippen LogP contribution in [0.25, 0.3) is 0 Å². The largest absolute Gasteiger partial charge is 0.312 e. The Morgan fingerprint density at radius 1 is 1.15 bits per heavy atom. The average Bonchev–Trinajstić information content (AvgIpc) is 3.06. The number of nitrogens with zero attached hydrogens (tertiary/aromatic N) is 1. The van der Waals surface area contributed by atoms with Crippen LogP contribution in [0.15, 0.2) is 53.4 Å². The van der Waals surface area contributed by atoms with Gasteiger partial charge in [0.1, 0.15) is 0 Å². The SMILES string of the molecule is CC(=O)c1cccc(S(=O)(=O)NCc2ccc(N3CCCC3=O)cc2)c1. The second-order valence-electron chi connectivity index (χ2n) is 6.22. The monoisotopic (exact) mass is 372 g/mol. The summed E-state index contributed by atoms with van der Waals surface area (Å²) in [5.74, 6) is -0.0714. The van der Waals surface area contributed by atoms with Crippen molar-refractivity contribution in [2.75, 3.05) is 11.4 Å². The molecule has 0 aromatic heterocycles. The van der Waals surface area contributed by atoms with Crippen molar-refractivity contribution in [3.63, 3.8) is 0 Å². The molecule has 7 heteroatoms. The van der Waals surface area contributed by atoms with Crippen molar-refractivity contribution >= 4 is 27.4 Å². The van der Waals surface area contributed by atoms with E-state index in [1.807, 2.05) is 12.1 Å². The molecule has 6 nitrogen and oxygen atoms in total. The van der Waals surface area contributed by atoms with Crippen molar-refractivity contribution in [2.45, 2.75) is 31.2 Å². The van der Waals surface area contributed by atoms with Crippen molar-refractivity contribution < 1.29 is 18.0 Å². The van der Waals surface area contributed by atoms with Crippen molar-refractivity contribution in [3.05, 3.63) is 59.7 Å². The highest BCUT2D eigenvalue weighted by Gasteiger charge is 2.21. The summed E-state index contributed by atoms with van der Waals surface area (Å²) in [6.07, 6.45) is 1.43. The molecule has 3 rings (SSSR count). The Balaban J connectivity index is 1.69. The van der Waals surface area contributed by atoms with Crippen LogP contribution in [0.5, 0.6) is 0 Å². The zero-order valence-corrected chi connectivity index (χ0v) is 15.3. The lowest BCUT2D eigenvalue weighted by Gasteiger charge is -2.16. The smallest absolute Gasteiger partial charge is 0.240 e. The van der Waals surface area contributed by atoms with Crippen LogP contribution in [-0.2, 0) is 21.4 Å². The second-order valence-corrected chi connectivity index (χ2v) is 7.99. The molecule has 1 amide bonds. The van der Waals surface area contributed by atoms with E-state index >= 15 is 0 Å². The summed E-state index contributed by atoms with van der Waals surface area (Å²) in [5.41, 5.74) is 1.97. The topological polar surface area (TPSA) is 83.6 Å². The van der Waals surface area contributed by atoms with Crippen LogP contribution in [-0.4, -0.2) is 26.7 Å². The van der Waals surface area contributed by atoms with E-state index in [-0.39, 0.29) is 23.1 Å². The molecule has 0 bridgehead atoms. The first-order valence-electron chi connectivity index (χ1n) is 8.37. The fraction of sp³-hybridized carbons (Fsp3) is 0.263. The molecule has 0 aliphatic carbocycles. The Hall–Kier alpha value is -2.51. The molecule has 1 heterocycles. The highest BCUT2D eigenvalue weighted by atomic mass is 32.2. The Morgan fingerprint density at radius 3 is 2.50 bits per heavy atom. The second kappa shape index (κ2) is 7.39. The molecular weight excluding hydrogens is 352 g/mol. The van der Waals surface area contributed by atoms with E-state index in [0.717, 1.165) is 24.2 Å². The van der Waals surface area contributed by atoms with Crippen LogP contribution < -0.4 is 9.62 Å². The number of carbonyl (C=O) groups is 2. The van der Waals surface area contributed by atoms with Crippen molar-refractivity contribution in [2.24, 2.45) is 0 Å². The summed E-state index contributed by atoms with van der Waals surface area (Å²) >= 11 is 0. The van der Waals surface area contributed by atoms with Gasteiger partial charge in [-0.2, -0.15) is 0 Å². The minimum absolute atomic E-state index is 0.0597. The maximum absolute atomic E-state index is 12.4. The molecule has 26 heavy (non-hydrogen) atoms. The van der Waals surface area contributed by atoms with Crippen LogP contribution in [0.4, 0.5) is 5.69 Å². The Kier molecular flexibility index (Phi) is 5.20. The quantitative estimate of drug-likeness (QED) is 0.790. The van der Waals surface area contributed by atoms with E-state index in [1.165, 1.54) is 19.1 Å². The number of carbonyl (C=O) groups excluding carboxylic acids is 2. The third-order valence-electron chi connectivity index (χ3n) is 4.34. The molecule has 1 aliphatic heterocycles. The molecule has 1 N–H and O–H groups in total. The molecular formula is C19H20N2O4S. The number of sulfonamides is 1. The van der Waals surface area contributed by atoms with Gasteiger partial charge in [0.15, 0.2) is 5.78 Å². The summed E-state index contributed by atoms with van der Waals surface area (Å²) in [7, 11) is -3.72. The van der Waals surface area contributed by atoms with Crippen molar-refractivity contribution in [3.8, 4) is 0 Å². The number of rotatable bonds is 6. The van der Waals surface area contributed by atoms with Crippen molar-refractivity contribution in [1.82, 2.24) is 4.72 Å². The molecule has 0 saturated carbocycles. The number of Topliss-reactive ketones (excluding diaryl/α,β-unsaturated/α-hetero) is 1. The van der Waals surface area contributed by atoms with Gasteiger partial charge in [0, 0.05) is 30.8 Å². The number of ketones is 1. The van der Waals surface area contributed by atoms with Crippen LogP contribution in [0.2, 0.25) is 0 Å². The normalized spacial score (nSPS) is 14.7. The fourth-order valence-electron chi connectivity index (χ4n) is 2.86. The number of benzene rings is 2. The standard InChI is InChI=1S/C19H20N2O4S/c1-14(22)16-4-2-5-18(12-16)26(24,25)20-13-15-7-9-17(10-8-15)21-11-3-6-19(21)23/h2,4-5,7-10,12,20H,3,6,11,13H2,1H3. The van der Waals surface area contributed by atoms with E-state index in [9.17, 15) is 18.0 Å². The lowest BCUT2D eigenvalue weighted by atomic mass is 10.2. The molecule has 2 aromatic rings. The number of hydrogen-bond acceptors (Lipinski definition) is 4. The summed E-state index contributed by atoms with van der Waals surface area (Å²) in [6, 6.07) is 13.2. The highest BCUT2D eigenvalue weighted by Crippen LogP contribution is 2.21. The molecule has 136 valence electrons. The first-order valence-corrected chi connectivity index (χ1v) is 9.85. The van der Waals surface area contributed by atoms with Gasteiger partial charge in [-0.1, -0.05) is 24.3 Å². The zero-order valence-electron chi connectivity index (χ0n) is 14.4. The van der Waals surface area contributed by atoms with Crippen LogP contribution in [0.1, 0.15) is 35.7 Å². The summed E-state index contributed by atoms with van der Waals surface area (Å²) in [5, 5.41) is 0. The minimum Gasteiger partial charge on any atom is -0.312 e. The summed E-state index contributed by atoms with van der Waals surface area (Å²) < 4.78 is 27.4. The van der Waals surface area contributed by atoms with Gasteiger partial charge >= 0.3 is 0 Å². The third-order valence-corrected chi connectivity index (χ3v) is 5.74. The van der Waals surface area contributed by atoms with E-state index < -0.39 is 10.0 Å². The highest BCUT2D eigenvalue weighted by molar-refractivity contribution is 7.89. The summed E-state index contributed by atoms with van der Waals surface area (Å²) in [4.78, 5) is 25.0. The molecule has 1 aliphatic rings. The van der Waals surface area contributed by atoms with Gasteiger partial charge in [0.25, 0.3) is 0 Å². The Morgan fingerprint density at radius 2 is 1.88 bits per heavy atom. The van der Waals surface area contributed by atoms with Crippen LogP contribution in [0, 0.1) is 0 Å². The predicted molar refractivity (Wildman–Crippen MR) is 98.5 cm³/mol. The van der Waals surface area contributed by atoms with Gasteiger partial charge < -0.3 is 4.90 Å². The van der Waals surface area contributed by atoms with Gasteiger partial charge in [-0.3, -0.25) is 9.59 Å². The first kappa shape index (κ1) is 18.3. The van der Waals surface area contributed by atoms with Crippen LogP contribution in [0.3, 0.4) is 0 Å². The fourth-order valence-corrected chi connectivity index (χ4v) is 3.92. The van der Waals surface area contributed by atoms with E-state index in [0.29, 0.717) is 12.0 Å². The zero-order chi connectivity index (χ0) is 18.7. The lowest BCUT2D eigenvalue weighted by Crippen LogP contribution is -2.24. The number of hydrogen-bond donors (Lipinski definition) is 1. The number of anilines is 1. The molecule has 0 atom stereocenters. The first-order chi connectivity index (χ1) is 12.4. The summed E-state index contributed by atoms with van der Waals surface area (Å²) in [6.45, 7) is 2.24. The maximum atomic E-state index is 12.4. The Labute approximate surface area is 152 Å². The molecule has 0 unspecified atom stereocenters. The van der Waals surface area contributed by atoms with E-state index in [4.69, 9.17) is 0 Å². The Bertz CT molecular complexity index is 936. The van der Waals surface area contributed by atoms with Gasteiger partial charge in [-0.05, 0) is 43.2 Å². The molecule has 0 spiro atoms. The lowest BCUT2D eigenvalue weighted by molar-refractivity contribution is -0.117. The van der Waals surface area contributed by atoms with Crippen LogP contribution >= 0.6 is 0 Å². The molecule has 0 radical (unpaired) electrons. The maximum Gasteiger partial charge on any atom is 0.240 e. The van der Waals surface area contributed by atoms with Crippen molar-refractivity contribution in [1.29, 1.82) is 0 Å². The van der Waals surface area contributed by atoms with Gasteiger partial charge in [0.05, 0.1) is 4.90 Å². The van der Waals surface area contributed by atoms with E-state index in [2.05, 4.69) is 4.72 Å². The van der Waals surface area contributed by atoms with Gasteiger partial charge in [0.2, 0.25) is 15.9 Å². The molecule has 2 aromatic carbocycles. The van der Waals surface area contributed by atoms with Gasteiger partial charge in [-0.25, -0.2) is 13.1 Å². The predicted octanol–water partition coefficient (Wildman–Crippen LogP) is 2.49. The minimum atomic E-state index is -3.72.